The summed E-state index contributed by atoms with van der Waals surface area (Å²) >= 11 is 0. The van der Waals surface area contributed by atoms with Crippen LogP contribution in [0.3, 0.4) is 0 Å². The van der Waals surface area contributed by atoms with E-state index < -0.39 is 0 Å². The number of fused-ring (bicyclic) bond motifs is 2. The molecule has 9 heteroatoms. The van der Waals surface area contributed by atoms with E-state index in [1.807, 2.05) is 36.4 Å². The van der Waals surface area contributed by atoms with Crippen LogP contribution in [0.15, 0.2) is 65.7 Å². The minimum atomic E-state index is -0.171. The van der Waals surface area contributed by atoms with Gasteiger partial charge in [-0.25, -0.2) is 0 Å². The van der Waals surface area contributed by atoms with E-state index in [9.17, 15) is 4.79 Å². The summed E-state index contributed by atoms with van der Waals surface area (Å²) in [6.07, 6.45) is 4.20. The van der Waals surface area contributed by atoms with Crippen molar-refractivity contribution in [3.05, 3.63) is 88.1 Å². The Morgan fingerprint density at radius 2 is 1.87 bits per heavy atom. The van der Waals surface area contributed by atoms with Gasteiger partial charge in [0, 0.05) is 66.5 Å². The number of hydrogen-bond donors (Lipinski definition) is 2. The Morgan fingerprint density at radius 1 is 1.03 bits per heavy atom. The van der Waals surface area contributed by atoms with Crippen LogP contribution in [0.1, 0.15) is 29.8 Å². The van der Waals surface area contributed by atoms with E-state index in [4.69, 9.17) is 14.2 Å². The minimum absolute atomic E-state index is 0.00804. The number of pyridine rings is 3. The zero-order chi connectivity index (χ0) is 26.1. The lowest BCUT2D eigenvalue weighted by atomic mass is 9.98. The molecule has 5 heterocycles. The molecule has 2 aliphatic rings. The summed E-state index contributed by atoms with van der Waals surface area (Å²) in [7, 11) is 1.65. The number of aromatic amines is 1. The number of morpholine rings is 1. The first-order valence-electron chi connectivity index (χ1n) is 12.7. The number of H-pyrrole nitrogens is 1. The van der Waals surface area contributed by atoms with E-state index in [1.54, 1.807) is 25.6 Å². The second kappa shape index (κ2) is 10.2. The summed E-state index contributed by atoms with van der Waals surface area (Å²) in [6.45, 7) is 4.85. The van der Waals surface area contributed by atoms with E-state index in [-0.39, 0.29) is 11.6 Å². The molecule has 9 nitrogen and oxygen atoms in total. The molecule has 0 saturated carbocycles. The van der Waals surface area contributed by atoms with Crippen LogP contribution < -0.4 is 25.2 Å². The van der Waals surface area contributed by atoms with Gasteiger partial charge in [0.25, 0.3) is 5.56 Å². The van der Waals surface area contributed by atoms with Crippen molar-refractivity contribution >= 4 is 11.4 Å². The Hall–Kier alpha value is -4.37. The maximum absolute atomic E-state index is 12.6. The average molecular weight is 512 g/mol. The number of nitrogens with one attached hydrogen (secondary N) is 2. The van der Waals surface area contributed by atoms with Gasteiger partial charge >= 0.3 is 0 Å². The van der Waals surface area contributed by atoms with Crippen LogP contribution in [0.4, 0.5) is 11.4 Å². The SMILES string of the molecule is COc1ccnc(C(C)Nc2ccc3c(c2)Cc2ccnc(-c4cc(N5CCOCC5)cc(=O)[nH]4)c2O3)c1. The summed E-state index contributed by atoms with van der Waals surface area (Å²) in [5.41, 5.74) is 5.91. The molecular formula is C29H29N5O4. The quantitative estimate of drug-likeness (QED) is 0.343. The number of aromatic nitrogens is 3. The van der Waals surface area contributed by atoms with Gasteiger partial charge in [0.2, 0.25) is 0 Å². The lowest BCUT2D eigenvalue weighted by Gasteiger charge is -2.29. The van der Waals surface area contributed by atoms with Crippen molar-refractivity contribution < 1.29 is 14.2 Å². The number of methoxy groups -OCH3 is 1. The molecule has 6 rings (SSSR count). The minimum Gasteiger partial charge on any atom is -0.497 e. The smallest absolute Gasteiger partial charge is 0.250 e. The van der Waals surface area contributed by atoms with E-state index in [1.165, 1.54) is 0 Å². The molecule has 0 amide bonds. The fourth-order valence-corrected chi connectivity index (χ4v) is 4.93. The van der Waals surface area contributed by atoms with Gasteiger partial charge in [-0.05, 0) is 43.3 Å². The molecule has 1 atom stereocenters. The molecule has 0 aliphatic carbocycles. The number of ether oxygens (including phenoxy) is 3. The number of rotatable bonds is 6. The lowest BCUT2D eigenvalue weighted by molar-refractivity contribution is 0.122. The molecule has 4 aromatic rings. The largest absolute Gasteiger partial charge is 0.497 e. The average Bonchev–Trinajstić information content (AvgIpc) is 2.96. The van der Waals surface area contributed by atoms with Crippen LogP contribution in [0, 0.1) is 0 Å². The van der Waals surface area contributed by atoms with Crippen molar-refractivity contribution in [2.75, 3.05) is 43.6 Å². The number of benzene rings is 1. The van der Waals surface area contributed by atoms with E-state index in [0.29, 0.717) is 36.8 Å². The van der Waals surface area contributed by atoms with Crippen molar-refractivity contribution in [2.45, 2.75) is 19.4 Å². The van der Waals surface area contributed by atoms with E-state index >= 15 is 0 Å². The standard InChI is InChI=1S/C29H29N5O4/c1-18(24-17-23(36-2)6-8-30-24)32-21-3-4-26-20(14-21)13-19-5-7-31-28(29(19)38-26)25-15-22(16-27(35)33-25)34-9-11-37-12-10-34/h3-8,14-18,32H,9-13H2,1-2H3,(H,33,35). The van der Waals surface area contributed by atoms with Gasteiger partial charge in [0.1, 0.15) is 17.2 Å². The van der Waals surface area contributed by atoms with Crippen molar-refractivity contribution in [2.24, 2.45) is 0 Å². The maximum Gasteiger partial charge on any atom is 0.250 e. The first-order valence-corrected chi connectivity index (χ1v) is 12.7. The first kappa shape index (κ1) is 24.0. The summed E-state index contributed by atoms with van der Waals surface area (Å²) in [5.74, 6) is 2.22. The number of nitrogens with zero attached hydrogens (tertiary/aromatic N) is 3. The highest BCUT2D eigenvalue weighted by atomic mass is 16.5. The van der Waals surface area contributed by atoms with Crippen molar-refractivity contribution in [1.29, 1.82) is 0 Å². The van der Waals surface area contributed by atoms with Gasteiger partial charge in [-0.2, -0.15) is 0 Å². The van der Waals surface area contributed by atoms with Crippen LogP contribution >= 0.6 is 0 Å². The Balaban J connectivity index is 1.26. The van der Waals surface area contributed by atoms with Gasteiger partial charge in [-0.15, -0.1) is 0 Å². The second-order valence-electron chi connectivity index (χ2n) is 9.45. The Morgan fingerprint density at radius 3 is 2.71 bits per heavy atom. The Kier molecular flexibility index (Phi) is 6.43. The predicted octanol–water partition coefficient (Wildman–Crippen LogP) is 4.55. The topological polar surface area (TPSA) is 102 Å². The normalized spacial score (nSPS) is 15.2. The molecule has 1 aromatic carbocycles. The molecule has 38 heavy (non-hydrogen) atoms. The molecule has 2 N–H and O–H groups in total. The van der Waals surface area contributed by atoms with Gasteiger partial charge in [-0.1, -0.05) is 0 Å². The molecule has 1 fully saturated rings. The van der Waals surface area contributed by atoms with Gasteiger partial charge < -0.3 is 29.4 Å². The molecule has 2 aliphatic heterocycles. The molecule has 194 valence electrons. The van der Waals surface area contributed by atoms with Gasteiger partial charge in [0.05, 0.1) is 37.8 Å². The summed E-state index contributed by atoms with van der Waals surface area (Å²) in [6, 6.07) is 15.4. The Bertz CT molecular complexity index is 1530. The second-order valence-corrected chi connectivity index (χ2v) is 9.45. The molecule has 0 bridgehead atoms. The van der Waals surface area contributed by atoms with Crippen molar-refractivity contribution in [3.8, 4) is 28.6 Å². The monoisotopic (exact) mass is 511 g/mol. The molecule has 1 unspecified atom stereocenters. The summed E-state index contributed by atoms with van der Waals surface area (Å²) in [5, 5.41) is 3.53. The molecule has 0 spiro atoms. The number of hydrogen-bond acceptors (Lipinski definition) is 8. The van der Waals surface area contributed by atoms with Crippen LogP contribution in [-0.2, 0) is 11.2 Å². The Labute approximate surface area is 220 Å². The van der Waals surface area contributed by atoms with Gasteiger partial charge in [0.15, 0.2) is 5.75 Å². The van der Waals surface area contributed by atoms with Crippen molar-refractivity contribution in [1.82, 2.24) is 15.0 Å². The summed E-state index contributed by atoms with van der Waals surface area (Å²) in [4.78, 5) is 26.7. The molecule has 3 aromatic heterocycles. The zero-order valence-corrected chi connectivity index (χ0v) is 21.4. The van der Waals surface area contributed by atoms with E-state index in [2.05, 4.69) is 38.2 Å². The lowest BCUT2D eigenvalue weighted by Crippen LogP contribution is -2.36. The zero-order valence-electron chi connectivity index (χ0n) is 21.4. The fourth-order valence-electron chi connectivity index (χ4n) is 4.93. The van der Waals surface area contributed by atoms with Crippen LogP contribution in [0.25, 0.3) is 11.4 Å². The molecule has 1 saturated heterocycles. The molecule has 0 radical (unpaired) electrons. The van der Waals surface area contributed by atoms with Gasteiger partial charge in [-0.3, -0.25) is 14.8 Å². The van der Waals surface area contributed by atoms with Crippen LogP contribution in [0.2, 0.25) is 0 Å². The summed E-state index contributed by atoms with van der Waals surface area (Å²) < 4.78 is 17.2. The highest BCUT2D eigenvalue weighted by molar-refractivity contribution is 5.71. The third kappa shape index (κ3) is 4.80. The van der Waals surface area contributed by atoms with Crippen LogP contribution in [-0.4, -0.2) is 48.4 Å². The predicted molar refractivity (Wildman–Crippen MR) is 145 cm³/mol. The third-order valence-corrected chi connectivity index (χ3v) is 6.91. The molecular weight excluding hydrogens is 482 g/mol. The van der Waals surface area contributed by atoms with E-state index in [0.717, 1.165) is 52.8 Å². The van der Waals surface area contributed by atoms with Crippen LogP contribution in [0.5, 0.6) is 17.2 Å². The highest BCUT2D eigenvalue weighted by Gasteiger charge is 2.23. The third-order valence-electron chi connectivity index (χ3n) is 6.91. The fraction of sp³-hybridized carbons (Fsp3) is 0.276. The highest BCUT2D eigenvalue weighted by Crippen LogP contribution is 2.42. The first-order chi connectivity index (χ1) is 18.6. The van der Waals surface area contributed by atoms with Crippen molar-refractivity contribution in [3.63, 3.8) is 0 Å². The number of anilines is 2. The maximum atomic E-state index is 12.6.